The molecule has 1 aromatic rings. The highest BCUT2D eigenvalue weighted by Crippen LogP contribution is 2.23. The fraction of sp³-hybridized carbons (Fsp3) is 0.727. The zero-order valence-electron chi connectivity index (χ0n) is 10.1. The highest BCUT2D eigenvalue weighted by atomic mass is 32.1. The molecule has 1 aliphatic rings. The third-order valence-electron chi connectivity index (χ3n) is 2.98. The molecule has 1 fully saturated rings. The summed E-state index contributed by atoms with van der Waals surface area (Å²) >= 11 is 1.50. The van der Waals surface area contributed by atoms with Crippen LogP contribution in [0.5, 0.6) is 0 Å². The number of rotatable bonds is 4. The van der Waals surface area contributed by atoms with Gasteiger partial charge in [-0.05, 0) is 7.05 Å². The smallest absolute Gasteiger partial charge is 0.180 e. The largest absolute Gasteiger partial charge is 0.388 e. The molecule has 96 valence electrons. The Morgan fingerprint density at radius 1 is 1.59 bits per heavy atom. The van der Waals surface area contributed by atoms with Crippen molar-refractivity contribution in [1.82, 2.24) is 9.88 Å². The molecule has 6 heteroatoms. The summed E-state index contributed by atoms with van der Waals surface area (Å²) in [7, 11) is 2.00. The van der Waals surface area contributed by atoms with Crippen LogP contribution in [0, 0.1) is 0 Å². The minimum atomic E-state index is -0.608. The van der Waals surface area contributed by atoms with Crippen LogP contribution in [-0.4, -0.2) is 47.4 Å². The SMILES string of the molecule is CN(Cc1cnc(N)s1)CC1(O)CCOCC1. The van der Waals surface area contributed by atoms with Gasteiger partial charge >= 0.3 is 0 Å². The summed E-state index contributed by atoms with van der Waals surface area (Å²) in [5.74, 6) is 0. The molecule has 0 aromatic carbocycles. The third kappa shape index (κ3) is 3.64. The summed E-state index contributed by atoms with van der Waals surface area (Å²) < 4.78 is 5.27. The zero-order chi connectivity index (χ0) is 12.3. The van der Waals surface area contributed by atoms with Crippen molar-refractivity contribution in [3.05, 3.63) is 11.1 Å². The van der Waals surface area contributed by atoms with Crippen LogP contribution in [0.4, 0.5) is 5.13 Å². The molecule has 1 aromatic heterocycles. The quantitative estimate of drug-likeness (QED) is 0.830. The molecule has 0 unspecified atom stereocenters. The second-order valence-corrected chi connectivity index (χ2v) is 5.82. The molecule has 0 amide bonds. The molecule has 0 saturated carbocycles. The lowest BCUT2D eigenvalue weighted by atomic mass is 9.94. The van der Waals surface area contributed by atoms with Crippen molar-refractivity contribution in [3.63, 3.8) is 0 Å². The standard InChI is InChI=1S/C11H19N3O2S/c1-14(7-9-6-13-10(12)17-9)8-11(15)2-4-16-5-3-11/h6,15H,2-5,7-8H2,1H3,(H2,12,13). The average molecular weight is 257 g/mol. The lowest BCUT2D eigenvalue weighted by Crippen LogP contribution is -2.45. The normalized spacial score (nSPS) is 19.7. The van der Waals surface area contributed by atoms with Gasteiger partial charge in [-0.25, -0.2) is 4.98 Å². The van der Waals surface area contributed by atoms with Gasteiger partial charge in [-0.3, -0.25) is 4.90 Å². The lowest BCUT2D eigenvalue weighted by molar-refractivity contribution is -0.0776. The van der Waals surface area contributed by atoms with Crippen LogP contribution in [0.3, 0.4) is 0 Å². The fourth-order valence-electron chi connectivity index (χ4n) is 2.13. The topological polar surface area (TPSA) is 71.6 Å². The summed E-state index contributed by atoms with van der Waals surface area (Å²) in [6, 6.07) is 0. The minimum Gasteiger partial charge on any atom is -0.388 e. The van der Waals surface area contributed by atoms with E-state index in [1.807, 2.05) is 7.05 Å². The first-order valence-corrected chi connectivity index (χ1v) is 6.58. The van der Waals surface area contributed by atoms with Gasteiger partial charge in [0.1, 0.15) is 0 Å². The van der Waals surface area contributed by atoms with Crippen molar-refractivity contribution < 1.29 is 9.84 Å². The molecule has 2 heterocycles. The second kappa shape index (κ2) is 5.30. The van der Waals surface area contributed by atoms with Gasteiger partial charge in [0.15, 0.2) is 5.13 Å². The van der Waals surface area contributed by atoms with Crippen LogP contribution >= 0.6 is 11.3 Å². The Hall–Kier alpha value is -0.690. The molecule has 1 aliphatic heterocycles. The summed E-state index contributed by atoms with van der Waals surface area (Å²) in [5.41, 5.74) is 4.98. The Kier molecular flexibility index (Phi) is 3.98. The Morgan fingerprint density at radius 3 is 2.88 bits per heavy atom. The number of thiazole rings is 1. The van der Waals surface area contributed by atoms with Crippen LogP contribution in [-0.2, 0) is 11.3 Å². The highest BCUT2D eigenvalue weighted by Gasteiger charge is 2.30. The lowest BCUT2D eigenvalue weighted by Gasteiger charge is -2.35. The highest BCUT2D eigenvalue weighted by molar-refractivity contribution is 7.15. The predicted molar refractivity (Wildman–Crippen MR) is 67.9 cm³/mol. The number of likely N-dealkylation sites (N-methyl/N-ethyl adjacent to an activating group) is 1. The van der Waals surface area contributed by atoms with Crippen molar-refractivity contribution in [3.8, 4) is 0 Å². The summed E-state index contributed by atoms with van der Waals surface area (Å²) in [5, 5.41) is 11.0. The molecule has 2 rings (SSSR count). The van der Waals surface area contributed by atoms with Crippen molar-refractivity contribution in [1.29, 1.82) is 0 Å². The fourth-order valence-corrected chi connectivity index (χ4v) is 2.89. The van der Waals surface area contributed by atoms with Crippen molar-refractivity contribution in [2.75, 3.05) is 32.5 Å². The van der Waals surface area contributed by atoms with Crippen LogP contribution in [0.25, 0.3) is 0 Å². The van der Waals surface area contributed by atoms with Gasteiger partial charge in [-0.15, -0.1) is 11.3 Å². The molecule has 17 heavy (non-hydrogen) atoms. The van der Waals surface area contributed by atoms with E-state index in [0.717, 1.165) is 11.4 Å². The molecule has 0 aliphatic carbocycles. The van der Waals surface area contributed by atoms with Gasteiger partial charge in [0.25, 0.3) is 0 Å². The molecule has 1 saturated heterocycles. The maximum absolute atomic E-state index is 10.4. The number of aromatic nitrogens is 1. The van der Waals surface area contributed by atoms with Gasteiger partial charge in [0.2, 0.25) is 0 Å². The molecule has 0 spiro atoms. The number of anilines is 1. The molecular weight excluding hydrogens is 238 g/mol. The number of nitrogen functional groups attached to an aromatic ring is 1. The number of hydrogen-bond acceptors (Lipinski definition) is 6. The van der Waals surface area contributed by atoms with Crippen LogP contribution in [0.15, 0.2) is 6.20 Å². The zero-order valence-corrected chi connectivity index (χ0v) is 10.9. The van der Waals surface area contributed by atoms with Crippen molar-refractivity contribution >= 4 is 16.5 Å². The van der Waals surface area contributed by atoms with Gasteiger partial charge in [0, 0.05) is 50.2 Å². The second-order valence-electron chi connectivity index (χ2n) is 4.67. The van der Waals surface area contributed by atoms with Crippen LogP contribution in [0.1, 0.15) is 17.7 Å². The first-order valence-electron chi connectivity index (χ1n) is 5.76. The summed E-state index contributed by atoms with van der Waals surface area (Å²) in [4.78, 5) is 7.26. The third-order valence-corrected chi connectivity index (χ3v) is 3.80. The summed E-state index contributed by atoms with van der Waals surface area (Å²) in [6.45, 7) is 2.74. The molecule has 3 N–H and O–H groups in total. The number of ether oxygens (including phenoxy) is 1. The van der Waals surface area contributed by atoms with E-state index in [9.17, 15) is 5.11 Å². The van der Waals surface area contributed by atoms with Crippen LogP contribution < -0.4 is 5.73 Å². The Morgan fingerprint density at radius 2 is 2.29 bits per heavy atom. The monoisotopic (exact) mass is 257 g/mol. The first kappa shape index (κ1) is 12.8. The first-order chi connectivity index (χ1) is 8.07. The van der Waals surface area contributed by atoms with E-state index in [0.29, 0.717) is 37.7 Å². The van der Waals surface area contributed by atoms with Crippen molar-refractivity contribution in [2.24, 2.45) is 0 Å². The predicted octanol–water partition coefficient (Wildman–Crippen LogP) is 0.699. The van der Waals surface area contributed by atoms with Gasteiger partial charge in [-0.2, -0.15) is 0 Å². The Bertz CT molecular complexity index is 363. The van der Waals surface area contributed by atoms with E-state index in [4.69, 9.17) is 10.5 Å². The van der Waals surface area contributed by atoms with E-state index in [2.05, 4.69) is 9.88 Å². The molecule has 0 bridgehead atoms. The number of nitrogens with two attached hydrogens (primary N) is 1. The summed E-state index contributed by atoms with van der Waals surface area (Å²) in [6.07, 6.45) is 3.22. The maximum Gasteiger partial charge on any atom is 0.180 e. The molecule has 0 atom stereocenters. The van der Waals surface area contributed by atoms with E-state index in [-0.39, 0.29) is 0 Å². The number of hydrogen-bond donors (Lipinski definition) is 2. The Labute approximate surface area is 105 Å². The maximum atomic E-state index is 10.4. The van der Waals surface area contributed by atoms with Crippen molar-refractivity contribution in [2.45, 2.75) is 25.0 Å². The van der Waals surface area contributed by atoms with Gasteiger partial charge in [-0.1, -0.05) is 0 Å². The minimum absolute atomic E-state index is 0.596. The molecular formula is C11H19N3O2S. The molecule has 5 nitrogen and oxygen atoms in total. The molecule has 0 radical (unpaired) electrons. The van der Waals surface area contributed by atoms with Gasteiger partial charge < -0.3 is 15.6 Å². The number of aliphatic hydroxyl groups is 1. The van der Waals surface area contributed by atoms with Crippen LogP contribution in [0.2, 0.25) is 0 Å². The van der Waals surface area contributed by atoms with Gasteiger partial charge in [0.05, 0.1) is 5.60 Å². The Balaban J connectivity index is 1.85. The average Bonchev–Trinajstić information content (AvgIpc) is 2.63. The van der Waals surface area contributed by atoms with E-state index in [1.54, 1.807) is 6.20 Å². The van der Waals surface area contributed by atoms with E-state index in [1.165, 1.54) is 11.3 Å². The van der Waals surface area contributed by atoms with E-state index >= 15 is 0 Å². The number of nitrogens with zero attached hydrogens (tertiary/aromatic N) is 2. The van der Waals surface area contributed by atoms with E-state index < -0.39 is 5.60 Å².